The maximum Gasteiger partial charge on any atom is 0.407 e. The van der Waals surface area contributed by atoms with Gasteiger partial charge < -0.3 is 15.3 Å². The molecule has 2 heterocycles. The third-order valence-electron chi connectivity index (χ3n) is 7.43. The van der Waals surface area contributed by atoms with Crippen LogP contribution in [-0.4, -0.2) is 83.2 Å². The van der Waals surface area contributed by atoms with Crippen LogP contribution in [0.25, 0.3) is 0 Å². The van der Waals surface area contributed by atoms with E-state index in [9.17, 15) is 14.7 Å². The normalized spacial score (nSPS) is 21.4. The number of carbonyl (C=O) groups is 2. The summed E-state index contributed by atoms with van der Waals surface area (Å²) in [5.41, 5.74) is 4.02. The lowest BCUT2D eigenvalue weighted by atomic mass is 9.91. The van der Waals surface area contributed by atoms with Crippen LogP contribution in [0.5, 0.6) is 0 Å². The molecule has 2 atom stereocenters. The van der Waals surface area contributed by atoms with Gasteiger partial charge in [0, 0.05) is 50.5 Å². The first-order valence-corrected chi connectivity index (χ1v) is 13.2. The highest BCUT2D eigenvalue weighted by atomic mass is 35.5. The van der Waals surface area contributed by atoms with E-state index in [1.54, 1.807) is 11.0 Å². The molecule has 7 nitrogen and oxygen atoms in total. The van der Waals surface area contributed by atoms with Crippen molar-refractivity contribution in [1.29, 1.82) is 0 Å². The van der Waals surface area contributed by atoms with Crippen LogP contribution in [0.15, 0.2) is 36.4 Å². The van der Waals surface area contributed by atoms with Gasteiger partial charge in [-0.3, -0.25) is 14.6 Å². The molecule has 0 unspecified atom stereocenters. The van der Waals surface area contributed by atoms with Gasteiger partial charge in [0.2, 0.25) is 5.91 Å². The lowest BCUT2D eigenvalue weighted by Crippen LogP contribution is -2.57. The maximum absolute atomic E-state index is 12.7. The van der Waals surface area contributed by atoms with E-state index in [2.05, 4.69) is 15.1 Å². The number of halogens is 2. The predicted octanol–water partition coefficient (Wildman–Crippen LogP) is 4.92. The Labute approximate surface area is 223 Å². The lowest BCUT2D eigenvalue weighted by Gasteiger charge is -2.45. The van der Waals surface area contributed by atoms with Gasteiger partial charge in [-0.2, -0.15) is 0 Å². The molecule has 0 saturated carbocycles. The van der Waals surface area contributed by atoms with Crippen LogP contribution in [0.2, 0.25) is 10.0 Å². The minimum Gasteiger partial charge on any atom is -0.465 e. The van der Waals surface area contributed by atoms with E-state index >= 15 is 0 Å². The number of nitrogens with one attached hydrogen (secondary N) is 1. The second-order valence-corrected chi connectivity index (χ2v) is 10.7. The molecule has 2 aliphatic rings. The van der Waals surface area contributed by atoms with Crippen LogP contribution < -0.4 is 5.32 Å². The number of para-hydroxylation sites is 1. The van der Waals surface area contributed by atoms with Crippen molar-refractivity contribution in [3.05, 3.63) is 63.1 Å². The lowest BCUT2D eigenvalue weighted by molar-refractivity contribution is -0.117. The number of likely N-dealkylation sites (tertiary alicyclic amines) is 1. The first-order chi connectivity index (χ1) is 17.2. The largest absolute Gasteiger partial charge is 0.465 e. The Morgan fingerprint density at radius 2 is 1.69 bits per heavy atom. The van der Waals surface area contributed by atoms with E-state index in [0.29, 0.717) is 35.6 Å². The first kappa shape index (κ1) is 26.7. The van der Waals surface area contributed by atoms with Crippen LogP contribution in [-0.2, 0) is 11.2 Å². The summed E-state index contributed by atoms with van der Waals surface area (Å²) in [5.74, 6) is 0.0114. The van der Waals surface area contributed by atoms with E-state index in [4.69, 9.17) is 23.2 Å². The Morgan fingerprint density at radius 1 is 1.00 bits per heavy atom. The highest BCUT2D eigenvalue weighted by molar-refractivity contribution is 6.42. The van der Waals surface area contributed by atoms with Crippen molar-refractivity contribution in [2.24, 2.45) is 0 Å². The molecule has 9 heteroatoms. The van der Waals surface area contributed by atoms with Gasteiger partial charge in [0.05, 0.1) is 16.6 Å². The fraction of sp³-hybridized carbons (Fsp3) is 0.481. The SMILES string of the molecule is Cc1cccc(C)c1NC(=O)CN1CCN([C@H]2CCN(C(=O)O)[C@H](Cc3ccc(Cl)c(Cl)c3)C2)CC1. The predicted molar refractivity (Wildman–Crippen MR) is 144 cm³/mol. The number of anilines is 1. The maximum atomic E-state index is 12.7. The van der Waals surface area contributed by atoms with Crippen LogP contribution in [0.4, 0.5) is 10.5 Å². The van der Waals surface area contributed by atoms with E-state index in [-0.39, 0.29) is 11.9 Å². The molecule has 2 aromatic rings. The van der Waals surface area contributed by atoms with Gasteiger partial charge in [-0.15, -0.1) is 0 Å². The van der Waals surface area contributed by atoms with Gasteiger partial charge in [0.15, 0.2) is 0 Å². The molecule has 36 heavy (non-hydrogen) atoms. The first-order valence-electron chi connectivity index (χ1n) is 12.5. The summed E-state index contributed by atoms with van der Waals surface area (Å²) in [6, 6.07) is 11.7. The van der Waals surface area contributed by atoms with Gasteiger partial charge in [-0.05, 0) is 61.9 Å². The molecule has 0 radical (unpaired) electrons. The fourth-order valence-corrected chi connectivity index (χ4v) is 5.75. The second kappa shape index (κ2) is 11.8. The Balaban J connectivity index is 1.31. The molecule has 2 fully saturated rings. The van der Waals surface area contributed by atoms with Crippen molar-refractivity contribution in [2.75, 3.05) is 44.6 Å². The summed E-state index contributed by atoms with van der Waals surface area (Å²) in [5, 5.41) is 13.8. The van der Waals surface area contributed by atoms with Gasteiger partial charge in [-0.1, -0.05) is 47.5 Å². The summed E-state index contributed by atoms with van der Waals surface area (Å²) in [7, 11) is 0. The molecular weight excluding hydrogens is 499 g/mol. The minimum atomic E-state index is -0.877. The summed E-state index contributed by atoms with van der Waals surface area (Å²) < 4.78 is 0. The molecule has 0 bridgehead atoms. The molecule has 194 valence electrons. The van der Waals surface area contributed by atoms with E-state index in [1.165, 1.54) is 0 Å². The number of hydrogen-bond acceptors (Lipinski definition) is 4. The summed E-state index contributed by atoms with van der Waals surface area (Å²) in [6.07, 6.45) is 1.33. The highest BCUT2D eigenvalue weighted by Crippen LogP contribution is 2.28. The standard InChI is InChI=1S/C27H34Cl2N4O3/c1-18-4-3-5-19(2)26(18)30-25(34)17-31-10-12-32(13-11-31)21-8-9-33(27(35)36)22(16-21)14-20-6-7-23(28)24(29)15-20/h3-7,15,21-22H,8-14,16-17H2,1-2H3,(H,30,34)(H,35,36)/t21-,22+/m0/s1. The Morgan fingerprint density at radius 3 is 2.33 bits per heavy atom. The van der Waals surface area contributed by atoms with Crippen LogP contribution >= 0.6 is 23.2 Å². The molecule has 4 rings (SSSR count). The smallest absolute Gasteiger partial charge is 0.407 e. The number of piperazine rings is 1. The number of rotatable bonds is 6. The number of benzene rings is 2. The van der Waals surface area contributed by atoms with E-state index in [1.807, 2.05) is 44.2 Å². The fourth-order valence-electron chi connectivity index (χ4n) is 5.43. The molecule has 0 aliphatic carbocycles. The molecular formula is C27H34Cl2N4O3. The number of hydrogen-bond donors (Lipinski definition) is 2. The molecule has 2 aliphatic heterocycles. The summed E-state index contributed by atoms with van der Waals surface area (Å²) >= 11 is 12.2. The molecule has 2 saturated heterocycles. The second-order valence-electron chi connectivity index (χ2n) is 9.89. The van der Waals surface area contributed by atoms with Crippen LogP contribution in [0.1, 0.15) is 29.5 Å². The zero-order valence-corrected chi connectivity index (χ0v) is 22.4. The molecule has 0 aromatic heterocycles. The van der Waals surface area contributed by atoms with Crippen molar-refractivity contribution in [2.45, 2.75) is 45.2 Å². The third kappa shape index (κ3) is 6.51. The van der Waals surface area contributed by atoms with Gasteiger partial charge in [-0.25, -0.2) is 4.79 Å². The van der Waals surface area contributed by atoms with Crippen molar-refractivity contribution in [3.8, 4) is 0 Å². The third-order valence-corrected chi connectivity index (χ3v) is 8.16. The monoisotopic (exact) mass is 532 g/mol. The average molecular weight is 534 g/mol. The molecule has 0 spiro atoms. The number of piperidine rings is 1. The van der Waals surface area contributed by atoms with Crippen molar-refractivity contribution < 1.29 is 14.7 Å². The van der Waals surface area contributed by atoms with Crippen molar-refractivity contribution in [1.82, 2.24) is 14.7 Å². The Kier molecular flexibility index (Phi) is 8.78. The molecule has 2 aromatic carbocycles. The number of amides is 2. The number of aryl methyl sites for hydroxylation is 2. The average Bonchev–Trinajstić information content (AvgIpc) is 2.84. The van der Waals surface area contributed by atoms with E-state index < -0.39 is 6.09 Å². The number of nitrogens with zero attached hydrogens (tertiary/aromatic N) is 3. The zero-order chi connectivity index (χ0) is 25.8. The van der Waals surface area contributed by atoms with Crippen molar-refractivity contribution >= 4 is 40.9 Å². The topological polar surface area (TPSA) is 76.1 Å². The molecule has 2 amide bonds. The number of carboxylic acid groups (broad SMARTS) is 1. The van der Waals surface area contributed by atoms with Gasteiger partial charge in [0.1, 0.15) is 0 Å². The zero-order valence-electron chi connectivity index (χ0n) is 20.8. The van der Waals surface area contributed by atoms with Crippen LogP contribution in [0.3, 0.4) is 0 Å². The Bertz CT molecular complexity index is 1080. The Hall–Kier alpha value is -2.32. The number of carbonyl (C=O) groups excluding carboxylic acids is 1. The summed E-state index contributed by atoms with van der Waals surface area (Å²) in [4.78, 5) is 30.8. The van der Waals surface area contributed by atoms with Gasteiger partial charge >= 0.3 is 6.09 Å². The molecule has 2 N–H and O–H groups in total. The van der Waals surface area contributed by atoms with Gasteiger partial charge in [0.25, 0.3) is 0 Å². The van der Waals surface area contributed by atoms with Crippen LogP contribution in [0, 0.1) is 13.8 Å². The van der Waals surface area contributed by atoms with E-state index in [0.717, 1.165) is 61.4 Å². The minimum absolute atomic E-state index is 0.0114. The van der Waals surface area contributed by atoms with Crippen molar-refractivity contribution in [3.63, 3.8) is 0 Å². The summed E-state index contributed by atoms with van der Waals surface area (Å²) in [6.45, 7) is 8.27. The quantitative estimate of drug-likeness (QED) is 0.552. The highest BCUT2D eigenvalue weighted by Gasteiger charge is 2.35.